The molecule has 0 N–H and O–H groups in total. The van der Waals surface area contributed by atoms with Gasteiger partial charge in [0.25, 0.3) is 0 Å². The highest BCUT2D eigenvalue weighted by atomic mass is 127. The van der Waals surface area contributed by atoms with Crippen LogP contribution in [-0.2, 0) is 22.6 Å². The molecule has 3 aliphatic heterocycles. The molecule has 0 bridgehead atoms. The van der Waals surface area contributed by atoms with Crippen molar-refractivity contribution in [2.45, 2.75) is 71.5 Å². The second-order valence-electron chi connectivity index (χ2n) is 17.8. The first-order valence-electron chi connectivity index (χ1n) is 21.1. The highest BCUT2D eigenvalue weighted by Gasteiger charge is 2.49. The van der Waals surface area contributed by atoms with Crippen LogP contribution >= 0.6 is 34.2 Å². The van der Waals surface area contributed by atoms with Crippen LogP contribution < -0.4 is 28.9 Å². The van der Waals surface area contributed by atoms with Crippen molar-refractivity contribution in [3.8, 4) is 28.6 Å². The predicted molar refractivity (Wildman–Crippen MR) is 256 cm³/mol. The van der Waals surface area contributed by atoms with Gasteiger partial charge in [0.05, 0.1) is 55.3 Å². The summed E-state index contributed by atoms with van der Waals surface area (Å²) in [5.41, 5.74) is 4.25. The summed E-state index contributed by atoms with van der Waals surface area (Å²) in [6, 6.07) is 18.5. The van der Waals surface area contributed by atoms with Crippen molar-refractivity contribution >= 4 is 74.3 Å². The van der Waals surface area contributed by atoms with E-state index in [-0.39, 0.29) is 34.6 Å². The van der Waals surface area contributed by atoms with Crippen molar-refractivity contribution < 1.29 is 32.9 Å². The molecule has 0 saturated carbocycles. The van der Waals surface area contributed by atoms with Crippen molar-refractivity contribution in [3.05, 3.63) is 97.5 Å². The van der Waals surface area contributed by atoms with Crippen LogP contribution in [0.4, 0.5) is 26.4 Å². The Morgan fingerprint density at radius 1 is 0.969 bits per heavy atom. The van der Waals surface area contributed by atoms with Gasteiger partial charge < -0.3 is 43.4 Å². The molecule has 1 fully saturated rings. The number of amides is 1. The molecule has 336 valence electrons. The summed E-state index contributed by atoms with van der Waals surface area (Å²) in [5, 5.41) is 0.588. The van der Waals surface area contributed by atoms with Gasteiger partial charge >= 0.3 is 6.09 Å². The van der Waals surface area contributed by atoms with E-state index in [2.05, 4.69) is 33.4 Å². The maximum atomic E-state index is 17.9. The van der Waals surface area contributed by atoms with Gasteiger partial charge in [0.15, 0.2) is 5.82 Å². The maximum Gasteiger partial charge on any atom is 0.410 e. The Hall–Kier alpha value is -5.35. The standard InChI is InChI=1S/C48H52ClFIN7O6/c1-27-18-38(55(21-29-10-14-31(61-8)15-11-29)22-30-12-16-32(62-9)17-13-30)52-43(41(27)51)39-35(49)19-34-42(40(39)50)53-46-45-44(34)57-20-28(2)56(47(60)64-48(3,4)5)25-36(57)37(26-59)58(45)24-33(63-46)23-54(6)7/h10-19,28,33,36H,20-25H2,1-9H3/t28-,33-,36-/m1/s1. The average Bonchev–Trinajstić information content (AvgIpc) is 3.24. The van der Waals surface area contributed by atoms with Crippen LogP contribution in [0.5, 0.6) is 17.4 Å². The fourth-order valence-electron chi connectivity index (χ4n) is 8.75. The fraction of sp³-hybridized carbons (Fsp3) is 0.396. The number of hydrogen-bond donors (Lipinski definition) is 0. The first-order valence-corrected chi connectivity index (χ1v) is 22.6. The molecule has 3 atom stereocenters. The van der Waals surface area contributed by atoms with Crippen LogP contribution in [-0.4, -0.2) is 110 Å². The Balaban J connectivity index is 1.28. The number of anilines is 3. The molecule has 0 spiro atoms. The van der Waals surface area contributed by atoms with Crippen LogP contribution in [0.2, 0.25) is 5.02 Å². The number of ether oxygens (including phenoxy) is 4. The van der Waals surface area contributed by atoms with E-state index in [1.54, 1.807) is 25.2 Å². The Bertz CT molecular complexity index is 2610. The smallest absolute Gasteiger partial charge is 0.410 e. The maximum absolute atomic E-state index is 17.9. The number of fused-ring (bicyclic) bond motifs is 4. The number of pyridine rings is 2. The zero-order valence-corrected chi connectivity index (χ0v) is 40.4. The Kier molecular flexibility index (Phi) is 12.7. The van der Waals surface area contributed by atoms with Crippen molar-refractivity contribution in [2.75, 3.05) is 69.2 Å². The number of nitrogens with zero attached hydrogens (tertiary/aromatic N) is 7. The largest absolute Gasteiger partial charge is 0.497 e. The number of carbonyl (C=O) groups is 1. The van der Waals surface area contributed by atoms with Crippen LogP contribution in [0.1, 0.15) is 44.4 Å². The zero-order chi connectivity index (χ0) is 45.8. The summed E-state index contributed by atoms with van der Waals surface area (Å²) in [6.07, 6.45) is -0.910. The quantitative estimate of drug-likeness (QED) is 0.0984. The van der Waals surface area contributed by atoms with Gasteiger partial charge in [-0.2, -0.15) is 0 Å². The van der Waals surface area contributed by atoms with Crippen LogP contribution in [0, 0.1) is 16.3 Å². The second kappa shape index (κ2) is 17.9. The highest BCUT2D eigenvalue weighted by molar-refractivity contribution is 14.1. The second-order valence-corrected chi connectivity index (χ2v) is 19.3. The summed E-state index contributed by atoms with van der Waals surface area (Å²) in [4.78, 5) is 46.5. The van der Waals surface area contributed by atoms with E-state index < -0.39 is 29.7 Å². The van der Waals surface area contributed by atoms with Crippen LogP contribution in [0.15, 0.2) is 66.4 Å². The molecular weight excluding hydrogens is 952 g/mol. The minimum absolute atomic E-state index is 0.0482. The van der Waals surface area contributed by atoms with Crippen molar-refractivity contribution in [1.29, 1.82) is 0 Å². The molecule has 1 amide bonds. The Morgan fingerprint density at radius 2 is 1.59 bits per heavy atom. The normalized spacial score (nSPS) is 18.0. The van der Waals surface area contributed by atoms with E-state index in [0.29, 0.717) is 66.7 Å². The number of methoxy groups -OCH3 is 2. The lowest BCUT2D eigenvalue weighted by atomic mass is 9.94. The third-order valence-corrected chi connectivity index (χ3v) is 13.4. The van der Waals surface area contributed by atoms with E-state index in [9.17, 15) is 9.59 Å². The molecule has 5 heterocycles. The summed E-state index contributed by atoms with van der Waals surface area (Å²) in [5.74, 6) is 3.89. The van der Waals surface area contributed by atoms with E-state index in [1.165, 1.54) is 0 Å². The van der Waals surface area contributed by atoms with E-state index in [1.807, 2.05) is 118 Å². The minimum atomic E-state index is -0.723. The van der Waals surface area contributed by atoms with Gasteiger partial charge in [0.2, 0.25) is 5.88 Å². The number of hydrogen-bond acceptors (Lipinski definition) is 12. The molecule has 0 aliphatic carbocycles. The molecule has 3 aliphatic rings. The van der Waals surface area contributed by atoms with Gasteiger partial charge in [-0.1, -0.05) is 35.9 Å². The number of aromatic nitrogens is 2. The zero-order valence-electron chi connectivity index (χ0n) is 37.5. The van der Waals surface area contributed by atoms with E-state index >= 15 is 4.39 Å². The third kappa shape index (κ3) is 8.74. The molecular formula is C48H52ClFIN7O6. The topological polar surface area (TPSA) is 113 Å². The first-order chi connectivity index (χ1) is 30.5. The molecule has 0 unspecified atom stereocenters. The summed E-state index contributed by atoms with van der Waals surface area (Å²) in [7, 11) is 7.14. The monoisotopic (exact) mass is 1000 g/mol. The molecule has 1 saturated heterocycles. The minimum Gasteiger partial charge on any atom is -0.497 e. The lowest BCUT2D eigenvalue weighted by molar-refractivity contribution is 0.0133. The number of carbonyl (C=O) groups excluding carboxylic acids is 2. The van der Waals surface area contributed by atoms with Crippen molar-refractivity contribution in [1.82, 2.24) is 19.8 Å². The molecule has 8 rings (SSSR count). The van der Waals surface area contributed by atoms with Crippen molar-refractivity contribution in [2.24, 2.45) is 0 Å². The van der Waals surface area contributed by atoms with Gasteiger partial charge in [-0.15, -0.1) is 0 Å². The van der Waals surface area contributed by atoms with Gasteiger partial charge in [-0.25, -0.2) is 23.9 Å². The van der Waals surface area contributed by atoms with Crippen molar-refractivity contribution in [3.63, 3.8) is 0 Å². The summed E-state index contributed by atoms with van der Waals surface area (Å²) < 4.78 is 41.9. The molecule has 3 aromatic carbocycles. The molecule has 64 heavy (non-hydrogen) atoms. The molecule has 2 aromatic heterocycles. The average molecular weight is 1000 g/mol. The fourth-order valence-corrected chi connectivity index (χ4v) is 9.58. The van der Waals surface area contributed by atoms with Gasteiger partial charge in [-0.3, -0.25) is 0 Å². The predicted octanol–water partition coefficient (Wildman–Crippen LogP) is 8.90. The number of piperazine rings is 1. The molecule has 13 nitrogen and oxygen atoms in total. The molecule has 5 aromatic rings. The van der Waals surface area contributed by atoms with Crippen LogP contribution in [0.25, 0.3) is 22.2 Å². The van der Waals surface area contributed by atoms with Gasteiger partial charge in [0.1, 0.15) is 51.9 Å². The Morgan fingerprint density at radius 3 is 2.16 bits per heavy atom. The number of benzene rings is 3. The molecule has 0 radical (unpaired) electrons. The SMILES string of the molecule is COc1ccc(CN(Cc2ccc(OC)cc2)c2cc(C)c(I)c(-c3c(Cl)cc4c5c6c(nc4c3F)O[C@H](CN(C)C)CN6C(=C=O)[C@H]3CN(C(=O)OC(C)(C)C)[C@H](C)CN53)n2)cc1. The lowest BCUT2D eigenvalue weighted by Gasteiger charge is -2.53. The summed E-state index contributed by atoms with van der Waals surface area (Å²) in [6.45, 7) is 11.6. The van der Waals surface area contributed by atoms with Crippen LogP contribution in [0.3, 0.4) is 0 Å². The number of likely N-dealkylation sites (N-methyl/N-ethyl adjacent to an activating group) is 1. The van der Waals surface area contributed by atoms with Gasteiger partial charge in [0, 0.05) is 41.2 Å². The van der Waals surface area contributed by atoms with E-state index in [0.717, 1.165) is 31.8 Å². The summed E-state index contributed by atoms with van der Waals surface area (Å²) >= 11 is 9.50. The first kappa shape index (κ1) is 45.2. The number of aryl methyl sites for hydroxylation is 1. The van der Waals surface area contributed by atoms with Gasteiger partial charge in [-0.05, 0) is 124 Å². The Labute approximate surface area is 391 Å². The molecule has 16 heteroatoms. The number of rotatable bonds is 10. The number of halogens is 3. The third-order valence-electron chi connectivity index (χ3n) is 11.7. The van der Waals surface area contributed by atoms with E-state index in [4.69, 9.17) is 40.5 Å². The lowest BCUT2D eigenvalue weighted by Crippen LogP contribution is -2.64. The highest BCUT2D eigenvalue weighted by Crippen LogP contribution is 2.53.